The maximum atomic E-state index is 11.2. The van der Waals surface area contributed by atoms with Crippen LogP contribution in [0.25, 0.3) is 0 Å². The quantitative estimate of drug-likeness (QED) is 0.671. The van der Waals surface area contributed by atoms with Crippen LogP contribution in [0.5, 0.6) is 0 Å². The molecule has 0 aromatic heterocycles. The summed E-state index contributed by atoms with van der Waals surface area (Å²) in [4.78, 5) is 0. The minimum absolute atomic E-state index is 0.0925. The Labute approximate surface area is 83.8 Å². The Hall–Kier alpha value is 0.200. The summed E-state index contributed by atoms with van der Waals surface area (Å²) in [6.45, 7) is 2.52. The molecule has 78 valence electrons. The van der Waals surface area contributed by atoms with Gasteiger partial charge in [-0.15, -0.1) is 0 Å². The zero-order valence-corrected chi connectivity index (χ0v) is 9.49. The van der Waals surface area contributed by atoms with Crippen molar-refractivity contribution in [3.05, 3.63) is 0 Å². The molecular weight excluding hydrogens is 212 g/mol. The molecule has 0 aromatic rings. The normalized spacial score (nSPS) is 22.7. The van der Waals surface area contributed by atoms with E-state index in [0.717, 1.165) is 6.42 Å². The summed E-state index contributed by atoms with van der Waals surface area (Å²) in [5.74, 6) is 0.0925. The van der Waals surface area contributed by atoms with Gasteiger partial charge in [0.1, 0.15) is 0 Å². The highest BCUT2D eigenvalue weighted by molar-refractivity contribution is 8.15. The first-order valence-electron chi connectivity index (χ1n) is 4.37. The van der Waals surface area contributed by atoms with Crippen LogP contribution in [0, 0.1) is 5.92 Å². The summed E-state index contributed by atoms with van der Waals surface area (Å²) in [5, 5.41) is 0. The van der Waals surface area contributed by atoms with Crippen LogP contribution in [0.15, 0.2) is 0 Å². The van der Waals surface area contributed by atoms with Gasteiger partial charge < -0.3 is 4.74 Å². The standard InChI is InChI=1S/C8H15ClO3S/c1-7(3-6-12-2)8(4-5-8)13(9,10)11/h7H,3-6H2,1-2H3. The van der Waals surface area contributed by atoms with Crippen molar-refractivity contribution in [3.63, 3.8) is 0 Å². The molecule has 1 unspecified atom stereocenters. The highest BCUT2D eigenvalue weighted by atomic mass is 35.7. The second-order valence-corrected chi connectivity index (χ2v) is 6.59. The molecule has 1 aliphatic rings. The van der Waals surface area contributed by atoms with Gasteiger partial charge in [-0.1, -0.05) is 6.92 Å². The number of hydrogen-bond donors (Lipinski definition) is 0. The van der Waals surface area contributed by atoms with Crippen molar-refractivity contribution in [2.45, 2.75) is 30.9 Å². The first-order chi connectivity index (χ1) is 5.94. The second-order valence-electron chi connectivity index (χ2n) is 3.69. The first kappa shape index (κ1) is 11.3. The second kappa shape index (κ2) is 3.75. The van der Waals surface area contributed by atoms with Gasteiger partial charge in [-0.2, -0.15) is 0 Å². The average Bonchev–Trinajstić information content (AvgIpc) is 2.78. The van der Waals surface area contributed by atoms with Crippen LogP contribution in [0.2, 0.25) is 0 Å². The van der Waals surface area contributed by atoms with Gasteiger partial charge in [0, 0.05) is 24.4 Å². The Morgan fingerprint density at radius 1 is 1.54 bits per heavy atom. The fourth-order valence-corrected chi connectivity index (χ4v) is 3.77. The molecule has 1 aliphatic carbocycles. The number of methoxy groups -OCH3 is 1. The van der Waals surface area contributed by atoms with Crippen molar-refractivity contribution in [1.82, 2.24) is 0 Å². The fraction of sp³-hybridized carbons (Fsp3) is 1.00. The largest absolute Gasteiger partial charge is 0.385 e. The summed E-state index contributed by atoms with van der Waals surface area (Å²) in [5.41, 5.74) is 0. The summed E-state index contributed by atoms with van der Waals surface area (Å²) < 4.78 is 26.8. The van der Waals surface area contributed by atoms with Crippen molar-refractivity contribution in [2.24, 2.45) is 5.92 Å². The lowest BCUT2D eigenvalue weighted by Crippen LogP contribution is -2.27. The van der Waals surface area contributed by atoms with Gasteiger partial charge in [0.05, 0.1) is 4.75 Å². The van der Waals surface area contributed by atoms with E-state index in [9.17, 15) is 8.42 Å². The molecule has 0 amide bonds. The lowest BCUT2D eigenvalue weighted by atomic mass is 10.0. The molecule has 0 saturated heterocycles. The fourth-order valence-electron chi connectivity index (χ4n) is 1.66. The first-order valence-corrected chi connectivity index (χ1v) is 6.68. The lowest BCUT2D eigenvalue weighted by molar-refractivity contribution is 0.178. The highest BCUT2D eigenvalue weighted by Crippen LogP contribution is 2.52. The molecule has 0 radical (unpaired) electrons. The summed E-state index contributed by atoms with van der Waals surface area (Å²) >= 11 is 0. The van der Waals surface area contributed by atoms with E-state index in [4.69, 9.17) is 15.4 Å². The maximum absolute atomic E-state index is 11.2. The van der Waals surface area contributed by atoms with Gasteiger partial charge in [-0.3, -0.25) is 0 Å². The topological polar surface area (TPSA) is 43.4 Å². The van der Waals surface area contributed by atoms with E-state index in [1.54, 1.807) is 7.11 Å². The smallest absolute Gasteiger partial charge is 0.238 e. The third-order valence-corrected chi connectivity index (χ3v) is 5.59. The molecule has 0 N–H and O–H groups in total. The zero-order valence-electron chi connectivity index (χ0n) is 7.92. The Morgan fingerprint density at radius 3 is 2.38 bits per heavy atom. The van der Waals surface area contributed by atoms with Crippen LogP contribution in [0.4, 0.5) is 0 Å². The van der Waals surface area contributed by atoms with E-state index in [1.165, 1.54) is 0 Å². The molecule has 5 heteroatoms. The van der Waals surface area contributed by atoms with Gasteiger partial charge in [-0.25, -0.2) is 8.42 Å². The maximum Gasteiger partial charge on any atom is 0.238 e. The third-order valence-electron chi connectivity index (χ3n) is 2.88. The Balaban J connectivity index is 2.61. The molecule has 1 atom stereocenters. The van der Waals surface area contributed by atoms with E-state index in [0.29, 0.717) is 19.4 Å². The van der Waals surface area contributed by atoms with Crippen molar-refractivity contribution in [2.75, 3.05) is 13.7 Å². The predicted octanol–water partition coefficient (Wildman–Crippen LogP) is 1.76. The SMILES string of the molecule is COCCC(C)C1(S(=O)(=O)Cl)CC1. The van der Waals surface area contributed by atoms with E-state index < -0.39 is 13.8 Å². The van der Waals surface area contributed by atoms with E-state index in [1.807, 2.05) is 6.92 Å². The van der Waals surface area contributed by atoms with Crippen LogP contribution >= 0.6 is 10.7 Å². The number of hydrogen-bond acceptors (Lipinski definition) is 3. The summed E-state index contributed by atoms with van der Waals surface area (Å²) in [6, 6.07) is 0. The summed E-state index contributed by atoms with van der Waals surface area (Å²) in [7, 11) is 3.60. The summed E-state index contributed by atoms with van der Waals surface area (Å²) in [6.07, 6.45) is 2.15. The number of rotatable bonds is 5. The van der Waals surface area contributed by atoms with Crippen LogP contribution in [0.1, 0.15) is 26.2 Å². The van der Waals surface area contributed by atoms with Crippen molar-refractivity contribution in [3.8, 4) is 0 Å². The molecule has 0 aromatic carbocycles. The van der Waals surface area contributed by atoms with Crippen LogP contribution < -0.4 is 0 Å². The Kier molecular flexibility index (Phi) is 3.25. The molecule has 1 rings (SSSR count). The van der Waals surface area contributed by atoms with Gasteiger partial charge in [-0.05, 0) is 25.2 Å². The van der Waals surface area contributed by atoms with E-state index in [-0.39, 0.29) is 5.92 Å². The molecule has 3 nitrogen and oxygen atoms in total. The van der Waals surface area contributed by atoms with Gasteiger partial charge in [0.25, 0.3) is 0 Å². The van der Waals surface area contributed by atoms with Gasteiger partial charge in [0.15, 0.2) is 0 Å². The number of halogens is 1. The molecule has 1 fully saturated rings. The lowest BCUT2D eigenvalue weighted by Gasteiger charge is -2.19. The average molecular weight is 227 g/mol. The zero-order chi connectivity index (χ0) is 10.1. The van der Waals surface area contributed by atoms with Crippen LogP contribution in [0.3, 0.4) is 0 Å². The van der Waals surface area contributed by atoms with E-state index >= 15 is 0 Å². The predicted molar refractivity (Wildman–Crippen MR) is 52.4 cm³/mol. The van der Waals surface area contributed by atoms with Crippen LogP contribution in [-0.2, 0) is 13.8 Å². The molecule has 13 heavy (non-hydrogen) atoms. The minimum Gasteiger partial charge on any atom is -0.385 e. The van der Waals surface area contributed by atoms with Crippen molar-refractivity contribution < 1.29 is 13.2 Å². The molecule has 0 heterocycles. The third kappa shape index (κ3) is 2.17. The van der Waals surface area contributed by atoms with Crippen molar-refractivity contribution >= 4 is 19.7 Å². The molecule has 0 spiro atoms. The van der Waals surface area contributed by atoms with Crippen LogP contribution in [-0.4, -0.2) is 26.9 Å². The molecule has 1 saturated carbocycles. The highest BCUT2D eigenvalue weighted by Gasteiger charge is 2.57. The van der Waals surface area contributed by atoms with E-state index in [2.05, 4.69) is 0 Å². The minimum atomic E-state index is -3.40. The van der Waals surface area contributed by atoms with Gasteiger partial charge >= 0.3 is 0 Å². The van der Waals surface area contributed by atoms with Gasteiger partial charge in [0.2, 0.25) is 9.05 Å². The molecule has 0 bridgehead atoms. The monoisotopic (exact) mass is 226 g/mol. The Bertz CT molecular complexity index is 269. The molecule has 0 aliphatic heterocycles. The molecular formula is C8H15ClO3S. The Morgan fingerprint density at radius 2 is 2.08 bits per heavy atom. The van der Waals surface area contributed by atoms with Crippen molar-refractivity contribution in [1.29, 1.82) is 0 Å². The number of ether oxygens (including phenoxy) is 1.